The highest BCUT2D eigenvalue weighted by Gasteiger charge is 2.24. The maximum Gasteiger partial charge on any atom is 0.267 e. The third-order valence-electron chi connectivity index (χ3n) is 6.96. The molecule has 5 rings (SSSR count). The van der Waals surface area contributed by atoms with E-state index in [1.54, 1.807) is 43.7 Å². The lowest BCUT2D eigenvalue weighted by Crippen LogP contribution is -2.45. The molecule has 1 amide bonds. The van der Waals surface area contributed by atoms with Gasteiger partial charge in [0.25, 0.3) is 5.56 Å². The van der Waals surface area contributed by atoms with Gasteiger partial charge >= 0.3 is 0 Å². The van der Waals surface area contributed by atoms with Crippen LogP contribution in [-0.2, 0) is 6.54 Å². The van der Waals surface area contributed by atoms with Gasteiger partial charge in [-0.05, 0) is 29.8 Å². The molecule has 3 heterocycles. The van der Waals surface area contributed by atoms with E-state index in [2.05, 4.69) is 15.1 Å². The third kappa shape index (κ3) is 6.54. The fraction of sp³-hybridized carbons (Fsp3) is 0.276. The number of hydrogen-bond acceptors (Lipinski definition) is 7. The Morgan fingerprint density at radius 1 is 1.05 bits per heavy atom. The van der Waals surface area contributed by atoms with E-state index in [4.69, 9.17) is 10.5 Å². The first-order valence-electron chi connectivity index (χ1n) is 12.8. The Labute approximate surface area is 225 Å². The number of primary amides is 1. The molecule has 0 bridgehead atoms. The van der Waals surface area contributed by atoms with E-state index >= 15 is 0 Å². The zero-order valence-corrected chi connectivity index (χ0v) is 21.7. The average Bonchev–Trinajstić information content (AvgIpc) is 2.94. The van der Waals surface area contributed by atoms with Crippen LogP contribution in [0.25, 0.3) is 22.6 Å². The molecule has 2 aromatic heterocycles. The predicted molar refractivity (Wildman–Crippen MR) is 147 cm³/mol. The van der Waals surface area contributed by atoms with E-state index in [0.29, 0.717) is 54.0 Å². The van der Waals surface area contributed by atoms with Crippen LogP contribution >= 0.6 is 0 Å². The number of aromatic nitrogens is 4. The number of carbonyl (C=O) groups is 1. The molecular weight excluding hydrogens is 496 g/mol. The Kier molecular flexibility index (Phi) is 7.49. The normalized spacial score (nSPS) is 19.0. The number of hydroxylamine groups is 3. The quantitative estimate of drug-likeness (QED) is 0.275. The van der Waals surface area contributed by atoms with Crippen molar-refractivity contribution in [2.75, 3.05) is 26.7 Å². The highest BCUT2D eigenvalue weighted by Crippen LogP contribution is 2.23. The Morgan fingerprint density at radius 3 is 2.51 bits per heavy atom. The molecule has 1 aliphatic heterocycles. The van der Waals surface area contributed by atoms with Crippen molar-refractivity contribution < 1.29 is 14.2 Å². The molecule has 0 spiro atoms. The first kappa shape index (κ1) is 26.2. The van der Waals surface area contributed by atoms with E-state index < -0.39 is 5.91 Å². The minimum absolute atomic E-state index is 0.172. The van der Waals surface area contributed by atoms with Crippen molar-refractivity contribution in [3.8, 4) is 28.4 Å². The molecule has 1 aliphatic rings. The zero-order chi connectivity index (χ0) is 27.4. The highest BCUT2D eigenvalue weighted by atomic mass is 16.5. The zero-order valence-electron chi connectivity index (χ0n) is 21.7. The second-order valence-electron chi connectivity index (χ2n) is 10.1. The molecule has 0 radical (unpaired) electrons. The molecular formula is C29H30N6O4. The monoisotopic (exact) mass is 526 g/mol. The molecule has 39 heavy (non-hydrogen) atoms. The molecule has 1 saturated heterocycles. The minimum atomic E-state index is -0.527. The molecule has 1 fully saturated rings. The number of benzene rings is 2. The summed E-state index contributed by atoms with van der Waals surface area (Å²) in [4.78, 5) is 33.0. The molecule has 2 N–H and O–H groups in total. The van der Waals surface area contributed by atoms with E-state index in [1.165, 1.54) is 10.7 Å². The Morgan fingerprint density at radius 2 is 1.77 bits per heavy atom. The number of amides is 1. The number of piperidine rings is 1. The van der Waals surface area contributed by atoms with Crippen LogP contribution in [0.15, 0.2) is 77.9 Å². The largest absolute Gasteiger partial charge is 0.633 e. The summed E-state index contributed by atoms with van der Waals surface area (Å²) in [6.45, 7) is 2.04. The van der Waals surface area contributed by atoms with Crippen LogP contribution in [0.4, 0.5) is 0 Å². The lowest BCUT2D eigenvalue weighted by molar-refractivity contribution is -0.867. The first-order chi connectivity index (χ1) is 18.8. The summed E-state index contributed by atoms with van der Waals surface area (Å²) in [6.07, 6.45) is 5.02. The summed E-state index contributed by atoms with van der Waals surface area (Å²) >= 11 is 0. The van der Waals surface area contributed by atoms with Crippen LogP contribution in [0.3, 0.4) is 0 Å². The molecule has 0 unspecified atom stereocenters. The summed E-state index contributed by atoms with van der Waals surface area (Å²) in [5.74, 6) is 0.968. The maximum absolute atomic E-state index is 12.6. The molecule has 10 nitrogen and oxygen atoms in total. The van der Waals surface area contributed by atoms with Gasteiger partial charge < -0.3 is 20.3 Å². The number of hydrogen-bond donors (Lipinski definition) is 1. The van der Waals surface area contributed by atoms with Crippen molar-refractivity contribution in [3.63, 3.8) is 0 Å². The maximum atomic E-state index is 12.6. The molecule has 10 heteroatoms. The van der Waals surface area contributed by atoms with Crippen LogP contribution in [0.2, 0.25) is 0 Å². The number of ether oxygens (including phenoxy) is 1. The van der Waals surface area contributed by atoms with Gasteiger partial charge in [-0.25, -0.2) is 14.6 Å². The van der Waals surface area contributed by atoms with Gasteiger partial charge in [-0.3, -0.25) is 9.59 Å². The molecule has 4 aromatic rings. The van der Waals surface area contributed by atoms with Crippen molar-refractivity contribution >= 4 is 5.91 Å². The van der Waals surface area contributed by atoms with Crippen molar-refractivity contribution in [1.29, 1.82) is 0 Å². The predicted octanol–water partition coefficient (Wildman–Crippen LogP) is 3.25. The van der Waals surface area contributed by atoms with Crippen LogP contribution in [0.5, 0.6) is 5.75 Å². The number of rotatable bonds is 8. The number of nitrogens with two attached hydrogens (primary N) is 1. The summed E-state index contributed by atoms with van der Waals surface area (Å²) < 4.78 is 7.09. The first-order valence-corrected chi connectivity index (χ1v) is 12.8. The van der Waals surface area contributed by atoms with Gasteiger partial charge in [0.15, 0.2) is 11.6 Å². The Balaban J connectivity index is 1.27. The highest BCUT2D eigenvalue weighted by molar-refractivity contribution is 5.93. The van der Waals surface area contributed by atoms with Gasteiger partial charge in [-0.15, -0.1) is 0 Å². The lowest BCUT2D eigenvalue weighted by atomic mass is 9.98. The summed E-state index contributed by atoms with van der Waals surface area (Å²) in [7, 11) is 1.72. The smallest absolute Gasteiger partial charge is 0.267 e. The number of quaternary nitrogens is 1. The van der Waals surface area contributed by atoms with E-state index in [0.717, 1.165) is 24.0 Å². The van der Waals surface area contributed by atoms with Gasteiger partial charge in [0, 0.05) is 41.5 Å². The molecule has 0 aliphatic carbocycles. The summed E-state index contributed by atoms with van der Waals surface area (Å²) in [6, 6.07) is 17.5. The average molecular weight is 527 g/mol. The molecule has 200 valence electrons. The van der Waals surface area contributed by atoms with Gasteiger partial charge in [0.05, 0.1) is 51.4 Å². The third-order valence-corrected chi connectivity index (χ3v) is 6.96. The SMILES string of the molecule is C[N+]1([O-])CCC(COc2cnc(-c3cccc(Cn4nc(-c5cccc(C(N)=O)c5)ccc4=O)c3)nc2)CC1. The Bertz CT molecular complexity index is 1520. The van der Waals surface area contributed by atoms with E-state index in [1.807, 2.05) is 30.3 Å². The second kappa shape index (κ2) is 11.1. The van der Waals surface area contributed by atoms with Gasteiger partial charge in [-0.2, -0.15) is 5.10 Å². The Hall–Kier alpha value is -4.41. The van der Waals surface area contributed by atoms with Crippen molar-refractivity contribution in [3.05, 3.63) is 99.7 Å². The van der Waals surface area contributed by atoms with Gasteiger partial charge in [0.1, 0.15) is 0 Å². The second-order valence-corrected chi connectivity index (χ2v) is 10.1. The number of carbonyl (C=O) groups excluding carboxylic acids is 1. The topological polar surface area (TPSA) is 136 Å². The minimum Gasteiger partial charge on any atom is -0.633 e. The molecule has 0 atom stereocenters. The van der Waals surface area contributed by atoms with Crippen LogP contribution in [0.1, 0.15) is 28.8 Å². The van der Waals surface area contributed by atoms with Crippen molar-refractivity contribution in [2.45, 2.75) is 19.4 Å². The fourth-order valence-electron chi connectivity index (χ4n) is 4.62. The van der Waals surface area contributed by atoms with Crippen molar-refractivity contribution in [2.24, 2.45) is 11.7 Å². The van der Waals surface area contributed by atoms with E-state index in [9.17, 15) is 14.8 Å². The lowest BCUT2D eigenvalue weighted by Gasteiger charge is -2.43. The summed E-state index contributed by atoms with van der Waals surface area (Å²) in [5.41, 5.74) is 8.43. The number of nitrogens with zero attached hydrogens (tertiary/aromatic N) is 5. The van der Waals surface area contributed by atoms with Crippen molar-refractivity contribution in [1.82, 2.24) is 19.7 Å². The summed E-state index contributed by atoms with van der Waals surface area (Å²) in [5, 5.41) is 16.5. The molecule has 2 aromatic carbocycles. The van der Waals surface area contributed by atoms with Gasteiger partial charge in [0.2, 0.25) is 5.91 Å². The standard InChI is InChI=1S/C29H30N6O4/c1-35(38)12-10-20(11-13-35)19-39-25-16-31-29(32-17-25)24-7-2-4-21(14-24)18-34-27(36)9-8-26(33-34)22-5-3-6-23(15-22)28(30)37/h2-9,14-17,20H,10-13,18-19H2,1H3,(H2,30,37). The van der Waals surface area contributed by atoms with E-state index in [-0.39, 0.29) is 16.8 Å². The van der Waals surface area contributed by atoms with Crippen LogP contribution in [0, 0.1) is 11.1 Å². The van der Waals surface area contributed by atoms with Crippen LogP contribution in [-0.4, -0.2) is 57.0 Å². The fourth-order valence-corrected chi connectivity index (χ4v) is 4.62. The number of likely N-dealkylation sites (tertiary alicyclic amines) is 1. The van der Waals surface area contributed by atoms with Crippen LogP contribution < -0.4 is 16.0 Å². The molecule has 0 saturated carbocycles. The van der Waals surface area contributed by atoms with Gasteiger partial charge in [-0.1, -0.05) is 30.3 Å².